The molecule has 7 heteroatoms. The van der Waals surface area contributed by atoms with Crippen LogP contribution in [0.25, 0.3) is 0 Å². The van der Waals surface area contributed by atoms with Crippen LogP contribution < -0.4 is 5.32 Å². The Balaban J connectivity index is 2.39. The molecule has 0 saturated carbocycles. The van der Waals surface area contributed by atoms with Crippen LogP contribution >= 0.6 is 12.2 Å². The zero-order valence-electron chi connectivity index (χ0n) is 10.8. The lowest BCUT2D eigenvalue weighted by molar-refractivity contribution is -0.219. The molecule has 0 spiro atoms. The first-order valence-corrected chi connectivity index (χ1v) is 6.65. The molecular weight excluding hydrogens is 282 g/mol. The van der Waals surface area contributed by atoms with Crippen molar-refractivity contribution in [3.63, 3.8) is 0 Å². The third kappa shape index (κ3) is 2.77. The topological polar surface area (TPSA) is 102 Å². The molecule has 0 unspecified atom stereocenters. The molecule has 20 heavy (non-hydrogen) atoms. The number of aromatic hydroxyl groups is 1. The quantitative estimate of drug-likeness (QED) is 0.404. The van der Waals surface area contributed by atoms with Crippen LogP contribution in [0.5, 0.6) is 5.75 Å². The van der Waals surface area contributed by atoms with Gasteiger partial charge in [-0.25, -0.2) is 0 Å². The number of phenols is 1. The summed E-state index contributed by atoms with van der Waals surface area (Å²) < 4.78 is 5.55. The van der Waals surface area contributed by atoms with Gasteiger partial charge in [0.15, 0.2) is 0 Å². The van der Waals surface area contributed by atoms with Gasteiger partial charge in [-0.2, -0.15) is 0 Å². The predicted molar refractivity (Wildman–Crippen MR) is 76.7 cm³/mol. The smallest absolute Gasteiger partial charge is 0.116 e. The van der Waals surface area contributed by atoms with E-state index in [4.69, 9.17) is 17.0 Å². The van der Waals surface area contributed by atoms with Gasteiger partial charge in [0.05, 0.1) is 11.6 Å². The van der Waals surface area contributed by atoms with Gasteiger partial charge in [-0.05, 0) is 25.1 Å². The molecule has 1 aromatic rings. The van der Waals surface area contributed by atoms with E-state index in [2.05, 4.69) is 5.32 Å². The van der Waals surface area contributed by atoms with Crippen LogP contribution in [0.3, 0.4) is 0 Å². The van der Waals surface area contributed by atoms with Crippen molar-refractivity contribution in [2.75, 3.05) is 5.32 Å². The van der Waals surface area contributed by atoms with Crippen LogP contribution in [-0.2, 0) is 4.74 Å². The lowest BCUT2D eigenvalue weighted by Crippen LogP contribution is -2.53. The summed E-state index contributed by atoms with van der Waals surface area (Å²) in [6.07, 6.45) is -5.34. The average molecular weight is 299 g/mol. The van der Waals surface area contributed by atoms with Crippen LogP contribution in [0.1, 0.15) is 18.6 Å². The lowest BCUT2D eigenvalue weighted by Gasteiger charge is -2.40. The first-order chi connectivity index (χ1) is 9.45. The molecule has 1 saturated heterocycles. The van der Waals surface area contributed by atoms with E-state index in [9.17, 15) is 20.4 Å². The highest BCUT2D eigenvalue weighted by Gasteiger charge is 2.43. The molecule has 0 bridgehead atoms. The summed E-state index contributed by atoms with van der Waals surface area (Å²) >= 11 is 4.73. The fraction of sp³-hybridized carbons (Fsp3) is 0.462. The molecule has 2 rings (SSSR count). The van der Waals surface area contributed by atoms with E-state index in [0.29, 0.717) is 11.3 Å². The highest BCUT2D eigenvalue weighted by Crippen LogP contribution is 2.37. The van der Waals surface area contributed by atoms with Crippen LogP contribution in [0.2, 0.25) is 0 Å². The second-order valence-corrected chi connectivity index (χ2v) is 5.00. The lowest BCUT2D eigenvalue weighted by atomic mass is 9.91. The van der Waals surface area contributed by atoms with E-state index in [1.54, 1.807) is 13.0 Å². The number of aliphatic hydroxyl groups excluding tert-OH is 3. The Bertz CT molecular complexity index is 498. The van der Waals surface area contributed by atoms with Crippen LogP contribution in [0, 0.1) is 0 Å². The summed E-state index contributed by atoms with van der Waals surface area (Å²) in [6, 6.07) is 4.48. The molecule has 5 N–H and O–H groups in total. The summed E-state index contributed by atoms with van der Waals surface area (Å²) in [5.74, 6) is -0.000942. The van der Waals surface area contributed by atoms with Gasteiger partial charge in [0, 0.05) is 11.3 Å². The van der Waals surface area contributed by atoms with E-state index in [0.717, 1.165) is 0 Å². The minimum absolute atomic E-state index is 0.000942. The Kier molecular flexibility index (Phi) is 4.56. The Morgan fingerprint density at radius 3 is 2.55 bits per heavy atom. The van der Waals surface area contributed by atoms with Crippen molar-refractivity contribution in [3.8, 4) is 5.75 Å². The van der Waals surface area contributed by atoms with Crippen LogP contribution in [-0.4, -0.2) is 50.3 Å². The summed E-state index contributed by atoms with van der Waals surface area (Å²) in [5, 5.41) is 42.0. The maximum absolute atomic E-state index is 10.1. The molecule has 1 aliphatic rings. The van der Waals surface area contributed by atoms with Crippen molar-refractivity contribution in [1.29, 1.82) is 0 Å². The third-order valence-corrected chi connectivity index (χ3v) is 3.53. The number of nitrogens with one attached hydrogen (secondary N) is 1. The number of aliphatic hydroxyl groups is 3. The number of phenolic OH excluding ortho intramolecular Hbond substituents is 1. The predicted octanol–water partition coefficient (Wildman–Crippen LogP) is 0.304. The highest BCUT2D eigenvalue weighted by atomic mass is 32.1. The van der Waals surface area contributed by atoms with Gasteiger partial charge in [-0.1, -0.05) is 12.2 Å². The van der Waals surface area contributed by atoms with E-state index < -0.39 is 30.5 Å². The van der Waals surface area contributed by atoms with Gasteiger partial charge >= 0.3 is 0 Å². The monoisotopic (exact) mass is 299 g/mol. The normalized spacial score (nSPS) is 33.7. The highest BCUT2D eigenvalue weighted by molar-refractivity contribution is 7.79. The van der Waals surface area contributed by atoms with Crippen molar-refractivity contribution >= 4 is 23.4 Å². The molecule has 0 aromatic heterocycles. The minimum atomic E-state index is -1.33. The average Bonchev–Trinajstić information content (AvgIpc) is 2.43. The fourth-order valence-electron chi connectivity index (χ4n) is 2.29. The maximum atomic E-state index is 10.1. The van der Waals surface area contributed by atoms with Gasteiger partial charge in [0.1, 0.15) is 30.2 Å². The molecule has 1 aliphatic heterocycles. The maximum Gasteiger partial charge on any atom is 0.116 e. The van der Waals surface area contributed by atoms with E-state index in [-0.39, 0.29) is 5.75 Å². The summed E-state index contributed by atoms with van der Waals surface area (Å²) in [7, 11) is 0. The Morgan fingerprint density at radius 2 is 1.90 bits per heavy atom. The molecule has 110 valence electrons. The van der Waals surface area contributed by atoms with Crippen molar-refractivity contribution in [1.82, 2.24) is 0 Å². The number of hydrogen-bond acceptors (Lipinski definition) is 6. The van der Waals surface area contributed by atoms with Crippen molar-refractivity contribution in [3.05, 3.63) is 23.8 Å². The second kappa shape index (κ2) is 6.02. The molecule has 0 amide bonds. The first-order valence-electron chi connectivity index (χ1n) is 6.18. The van der Waals surface area contributed by atoms with Crippen molar-refractivity contribution in [2.24, 2.45) is 0 Å². The molecule has 0 radical (unpaired) electrons. The van der Waals surface area contributed by atoms with Gasteiger partial charge in [0.2, 0.25) is 0 Å². The standard InChI is InChI=1S/C13H17NO5S/c1-6-10(16)11(17)12(18)13(19-6)8-4-7(15)2-3-9(8)14-5-20/h2-6,10-13,15-18H,1H3,(H,14,20)/t6-,10-,11+,12+,13-/m0/s1. The van der Waals surface area contributed by atoms with Crippen LogP contribution in [0.4, 0.5) is 5.69 Å². The molecule has 5 atom stereocenters. The number of thiocarbonyl (C=S) groups is 1. The third-order valence-electron chi connectivity index (χ3n) is 3.41. The molecule has 0 aliphatic carbocycles. The molecule has 1 fully saturated rings. The number of rotatable bonds is 3. The fourth-order valence-corrected chi connectivity index (χ4v) is 2.42. The Morgan fingerprint density at radius 1 is 1.20 bits per heavy atom. The van der Waals surface area contributed by atoms with Gasteiger partial charge in [-0.15, -0.1) is 0 Å². The summed E-state index contributed by atoms with van der Waals surface area (Å²) in [5.41, 5.74) is 2.30. The Hall–Kier alpha value is -1.25. The van der Waals surface area contributed by atoms with Crippen LogP contribution in [0.15, 0.2) is 18.2 Å². The van der Waals surface area contributed by atoms with Gasteiger partial charge < -0.3 is 30.5 Å². The second-order valence-electron chi connectivity index (χ2n) is 4.77. The number of ether oxygens (including phenoxy) is 1. The molecule has 1 aromatic carbocycles. The van der Waals surface area contributed by atoms with Crippen molar-refractivity contribution in [2.45, 2.75) is 37.4 Å². The zero-order chi connectivity index (χ0) is 14.9. The molecule has 6 nitrogen and oxygen atoms in total. The number of anilines is 1. The minimum Gasteiger partial charge on any atom is -0.508 e. The Labute approximate surface area is 121 Å². The van der Waals surface area contributed by atoms with Gasteiger partial charge in [-0.3, -0.25) is 0 Å². The summed E-state index contributed by atoms with van der Waals surface area (Å²) in [6.45, 7) is 1.60. The largest absolute Gasteiger partial charge is 0.508 e. The number of benzene rings is 1. The van der Waals surface area contributed by atoms with E-state index in [1.165, 1.54) is 17.6 Å². The van der Waals surface area contributed by atoms with Gasteiger partial charge in [0.25, 0.3) is 0 Å². The first kappa shape index (κ1) is 15.1. The molecular formula is C13H17NO5S. The van der Waals surface area contributed by atoms with E-state index in [1.807, 2.05) is 0 Å². The van der Waals surface area contributed by atoms with E-state index >= 15 is 0 Å². The SMILES string of the molecule is C[C@@H]1O[C@@H](c2cc(O)ccc2NC=S)[C@H](O)[C@H](O)[C@H]1O. The zero-order valence-corrected chi connectivity index (χ0v) is 11.6. The number of hydrogen-bond donors (Lipinski definition) is 5. The molecule has 1 heterocycles. The van der Waals surface area contributed by atoms with Crippen molar-refractivity contribution < 1.29 is 25.2 Å². The summed E-state index contributed by atoms with van der Waals surface area (Å²) in [4.78, 5) is 0.